The second-order valence-electron chi connectivity index (χ2n) is 12.4. The van der Waals surface area contributed by atoms with Crippen molar-refractivity contribution in [3.63, 3.8) is 0 Å². The maximum Gasteiger partial charge on any atom is 0.352 e. The van der Waals surface area contributed by atoms with Crippen LogP contribution < -0.4 is 21.5 Å². The predicted octanol–water partition coefficient (Wildman–Crippen LogP) is 4.82. The number of hydrazine groups is 1. The lowest BCUT2D eigenvalue weighted by molar-refractivity contribution is -0.138. The molecule has 1 saturated carbocycles. The number of nitrogens with zero attached hydrogens (tertiary/aromatic N) is 4. The van der Waals surface area contributed by atoms with Crippen molar-refractivity contribution in [3.8, 4) is 11.4 Å². The van der Waals surface area contributed by atoms with Crippen LogP contribution in [0.5, 0.6) is 5.75 Å². The number of hydrogen-bond acceptors (Lipinski definition) is 8. The maximum atomic E-state index is 15.2. The van der Waals surface area contributed by atoms with Crippen LogP contribution in [-0.2, 0) is 28.2 Å². The van der Waals surface area contributed by atoms with Gasteiger partial charge in [-0.05, 0) is 72.2 Å². The van der Waals surface area contributed by atoms with Crippen molar-refractivity contribution in [2.24, 2.45) is 5.92 Å². The number of furan rings is 1. The van der Waals surface area contributed by atoms with E-state index in [0.29, 0.717) is 33.4 Å². The smallest absolute Gasteiger partial charge is 0.352 e. The van der Waals surface area contributed by atoms with E-state index >= 15 is 4.79 Å². The van der Waals surface area contributed by atoms with E-state index in [4.69, 9.17) is 32.4 Å². The Labute approximate surface area is 294 Å². The molecule has 0 radical (unpaired) electrons. The number of para-hydroxylation sites is 1. The Bertz CT molecular complexity index is 2320. The molecule has 2 fully saturated rings. The Morgan fingerprint density at radius 1 is 0.960 bits per heavy atom. The van der Waals surface area contributed by atoms with Gasteiger partial charge in [0.25, 0.3) is 11.8 Å². The normalized spacial score (nSPS) is 22.5. The molecule has 0 spiro atoms. The molecule has 3 aliphatic rings. The van der Waals surface area contributed by atoms with Crippen LogP contribution in [0.25, 0.3) is 5.69 Å². The molecule has 12 nitrogen and oxygen atoms in total. The molecule has 1 aliphatic carbocycles. The summed E-state index contributed by atoms with van der Waals surface area (Å²) < 4.78 is 15.5. The lowest BCUT2D eigenvalue weighted by atomic mass is 9.54. The largest absolute Gasteiger partial charge is 0.497 e. The van der Waals surface area contributed by atoms with Crippen molar-refractivity contribution in [1.29, 1.82) is 0 Å². The molecule has 0 bridgehead atoms. The van der Waals surface area contributed by atoms with Crippen LogP contribution in [0.1, 0.15) is 35.5 Å². The molecule has 2 N–H and O–H groups in total. The molecule has 5 aromatic rings. The Morgan fingerprint density at radius 2 is 1.72 bits per heavy atom. The minimum absolute atomic E-state index is 0.00280. The number of nitrogens with one attached hydrogen (secondary N) is 1. The van der Waals surface area contributed by atoms with Gasteiger partial charge in [-0.15, -0.1) is 0 Å². The molecule has 50 heavy (non-hydrogen) atoms. The fourth-order valence-electron chi connectivity index (χ4n) is 7.85. The number of rotatable bonds is 7. The number of carbonyl (C=O) groups excluding carboxylic acids is 2. The van der Waals surface area contributed by atoms with E-state index in [2.05, 4.69) is 5.43 Å². The highest BCUT2D eigenvalue weighted by atomic mass is 35.5. The average Bonchev–Trinajstić information content (AvgIpc) is 3.77. The Balaban J connectivity index is 1.37. The Morgan fingerprint density at radius 3 is 2.40 bits per heavy atom. The van der Waals surface area contributed by atoms with Crippen molar-refractivity contribution in [1.82, 2.24) is 18.9 Å². The Kier molecular flexibility index (Phi) is 7.62. The Hall–Kier alpha value is -5.30. The molecule has 2 aliphatic heterocycles. The van der Waals surface area contributed by atoms with Crippen LogP contribution in [0.3, 0.4) is 0 Å². The lowest BCUT2D eigenvalue weighted by Crippen LogP contribution is -2.53. The molecule has 3 aromatic carbocycles. The van der Waals surface area contributed by atoms with Gasteiger partial charge in [0.2, 0.25) is 0 Å². The van der Waals surface area contributed by atoms with Gasteiger partial charge in [-0.2, -0.15) is 5.01 Å². The van der Waals surface area contributed by atoms with Crippen molar-refractivity contribution in [2.75, 3.05) is 12.5 Å². The second kappa shape index (κ2) is 11.9. The summed E-state index contributed by atoms with van der Waals surface area (Å²) in [6.45, 7) is -0.375. The topological polar surface area (TPSA) is 141 Å². The molecular weight excluding hydrogens is 685 g/mol. The van der Waals surface area contributed by atoms with E-state index in [0.717, 1.165) is 9.58 Å². The predicted molar refractivity (Wildman–Crippen MR) is 183 cm³/mol. The highest BCUT2D eigenvalue weighted by Gasteiger charge is 2.69. The first-order valence-corrected chi connectivity index (χ1v) is 16.6. The standard InChI is InChI=1S/C36H29Cl2N5O7/c1-49-23-10-7-20(8-11-23)36-26(32(45)42(33(36)46)39-28-13-9-21(37)17-27(28)38)18-29-25(31(36)30-14-12-24(19-44)50-30)15-16-40-34(47)41(35(48)43(29)40)22-5-3-2-4-6-22/h2-15,17,26,29,31,39,44H,16,18-19H2,1H3. The van der Waals surface area contributed by atoms with Gasteiger partial charge < -0.3 is 14.3 Å². The lowest BCUT2D eigenvalue weighted by Gasteiger charge is -2.47. The fraction of sp³-hybridized carbons (Fsp3) is 0.222. The molecule has 4 heterocycles. The number of benzene rings is 3. The van der Waals surface area contributed by atoms with Crippen LogP contribution in [0.4, 0.5) is 5.69 Å². The van der Waals surface area contributed by atoms with Crippen molar-refractivity contribution in [2.45, 2.75) is 36.9 Å². The van der Waals surface area contributed by atoms with Gasteiger partial charge in [-0.1, -0.05) is 59.6 Å². The minimum atomic E-state index is -1.60. The van der Waals surface area contributed by atoms with E-state index in [9.17, 15) is 19.5 Å². The summed E-state index contributed by atoms with van der Waals surface area (Å²) in [5, 5.41) is 11.5. The molecular formula is C36H29Cl2N5O7. The molecule has 4 unspecified atom stereocenters. The molecule has 14 heteroatoms. The summed E-state index contributed by atoms with van der Waals surface area (Å²) in [5.74, 6) is -2.04. The summed E-state index contributed by atoms with van der Waals surface area (Å²) >= 11 is 12.6. The number of imide groups is 1. The van der Waals surface area contributed by atoms with Gasteiger partial charge in [0.1, 0.15) is 29.3 Å². The van der Waals surface area contributed by atoms with E-state index in [1.807, 2.05) is 6.08 Å². The summed E-state index contributed by atoms with van der Waals surface area (Å²) in [7, 11) is 1.53. The third-order valence-electron chi connectivity index (χ3n) is 9.98. The number of methoxy groups -OCH3 is 1. The van der Waals surface area contributed by atoms with Crippen LogP contribution >= 0.6 is 23.2 Å². The molecule has 2 amide bonds. The number of fused-ring (bicyclic) bond motifs is 4. The first-order valence-electron chi connectivity index (χ1n) is 15.8. The monoisotopic (exact) mass is 713 g/mol. The summed E-state index contributed by atoms with van der Waals surface area (Å²) in [6, 6.07) is 22.6. The van der Waals surface area contributed by atoms with Crippen LogP contribution in [0, 0.1) is 5.92 Å². The van der Waals surface area contributed by atoms with Gasteiger partial charge in [-0.25, -0.2) is 23.5 Å². The van der Waals surface area contributed by atoms with Gasteiger partial charge in [0, 0.05) is 5.02 Å². The van der Waals surface area contributed by atoms with Crippen LogP contribution in [0.15, 0.2) is 111 Å². The summed E-state index contributed by atoms with van der Waals surface area (Å²) in [5.41, 5.74) is 2.04. The zero-order valence-corrected chi connectivity index (χ0v) is 28.0. The zero-order valence-electron chi connectivity index (χ0n) is 26.5. The quantitative estimate of drug-likeness (QED) is 0.181. The highest BCUT2D eigenvalue weighted by molar-refractivity contribution is 6.36. The third-order valence-corrected chi connectivity index (χ3v) is 10.5. The number of anilines is 1. The number of carbonyl (C=O) groups is 2. The zero-order chi connectivity index (χ0) is 34.9. The SMILES string of the molecule is COc1ccc(C23C(=O)N(Nc4ccc(Cl)cc4Cl)C(=O)C2CC2C(=CCn4c(=O)n(-c5ccccc5)c(=O)n42)C3c2ccc(CO)o2)cc1. The number of aliphatic hydroxyl groups is 1. The maximum absolute atomic E-state index is 15.2. The van der Waals surface area contributed by atoms with Gasteiger partial charge in [-0.3, -0.25) is 15.0 Å². The number of amides is 2. The third kappa shape index (κ3) is 4.55. The molecule has 4 atom stereocenters. The van der Waals surface area contributed by atoms with E-state index in [1.54, 1.807) is 78.9 Å². The molecule has 8 rings (SSSR count). The first-order chi connectivity index (χ1) is 24.2. The van der Waals surface area contributed by atoms with Crippen LogP contribution in [-0.4, -0.2) is 43.0 Å². The number of allylic oxidation sites excluding steroid dienone is 2. The fourth-order valence-corrected chi connectivity index (χ4v) is 8.30. The van der Waals surface area contributed by atoms with Crippen molar-refractivity contribution >= 4 is 40.7 Å². The van der Waals surface area contributed by atoms with E-state index < -0.39 is 53.1 Å². The molecule has 2 aromatic heterocycles. The van der Waals surface area contributed by atoms with E-state index in [-0.39, 0.29) is 29.4 Å². The number of hydrogen-bond donors (Lipinski definition) is 2. The summed E-state index contributed by atoms with van der Waals surface area (Å²) in [6.07, 6.45) is 1.83. The number of aliphatic hydroxyl groups excluding tert-OH is 1. The molecule has 254 valence electrons. The minimum Gasteiger partial charge on any atom is -0.497 e. The summed E-state index contributed by atoms with van der Waals surface area (Å²) in [4.78, 5) is 57.9. The highest BCUT2D eigenvalue weighted by Crippen LogP contribution is 2.62. The number of ether oxygens (including phenoxy) is 1. The molecule has 1 saturated heterocycles. The van der Waals surface area contributed by atoms with Gasteiger partial charge in [0.15, 0.2) is 0 Å². The number of aromatic nitrogens is 3. The van der Waals surface area contributed by atoms with E-state index in [1.165, 1.54) is 22.5 Å². The average molecular weight is 715 g/mol. The van der Waals surface area contributed by atoms with Crippen molar-refractivity contribution < 1.29 is 23.8 Å². The van der Waals surface area contributed by atoms with Gasteiger partial charge in [0.05, 0.1) is 47.9 Å². The van der Waals surface area contributed by atoms with Gasteiger partial charge >= 0.3 is 11.4 Å². The van der Waals surface area contributed by atoms with Crippen LogP contribution in [0.2, 0.25) is 10.0 Å². The second-order valence-corrected chi connectivity index (χ2v) is 13.2. The first kappa shape index (κ1) is 31.9. The van der Waals surface area contributed by atoms with Crippen molar-refractivity contribution in [3.05, 3.63) is 145 Å². The number of halogens is 2.